The summed E-state index contributed by atoms with van der Waals surface area (Å²) in [5, 5.41) is 2.25. The van der Waals surface area contributed by atoms with Crippen LogP contribution in [0.2, 0.25) is 0 Å². The van der Waals surface area contributed by atoms with E-state index in [4.69, 9.17) is 14.2 Å². The van der Waals surface area contributed by atoms with Crippen LogP contribution >= 0.6 is 15.9 Å². The second-order valence-electron chi connectivity index (χ2n) is 7.74. The molecule has 0 saturated carbocycles. The van der Waals surface area contributed by atoms with Crippen LogP contribution in [0.25, 0.3) is 21.8 Å². The van der Waals surface area contributed by atoms with E-state index in [0.29, 0.717) is 28.4 Å². The van der Waals surface area contributed by atoms with Crippen LogP contribution < -0.4 is 14.2 Å². The highest BCUT2D eigenvalue weighted by Gasteiger charge is 2.23. The molecule has 0 fully saturated rings. The third-order valence-corrected chi connectivity index (χ3v) is 6.52. The highest BCUT2D eigenvalue weighted by molar-refractivity contribution is 9.10. The number of ether oxygens (including phenoxy) is 3. The lowest BCUT2D eigenvalue weighted by molar-refractivity contribution is 0.103. The van der Waals surface area contributed by atoms with Crippen LogP contribution in [0.1, 0.15) is 34.0 Å². The van der Waals surface area contributed by atoms with Crippen LogP contribution in [0, 0.1) is 13.8 Å². The highest BCUT2D eigenvalue weighted by atomic mass is 79.9. The molecule has 0 amide bonds. The molecule has 0 atom stereocenters. The van der Waals surface area contributed by atoms with Gasteiger partial charge in [-0.3, -0.25) is 4.79 Å². The lowest BCUT2D eigenvalue weighted by Gasteiger charge is -2.15. The minimum absolute atomic E-state index is 0.0841. The van der Waals surface area contributed by atoms with Gasteiger partial charge in [0.1, 0.15) is 0 Å². The summed E-state index contributed by atoms with van der Waals surface area (Å²) in [5.41, 5.74) is 5.50. The van der Waals surface area contributed by atoms with Crippen molar-refractivity contribution in [2.24, 2.45) is 0 Å². The lowest BCUT2D eigenvalue weighted by atomic mass is 9.93. The molecule has 0 bridgehead atoms. The number of aryl methyl sites for hydroxylation is 3. The summed E-state index contributed by atoms with van der Waals surface area (Å²) >= 11 is 3.61. The van der Waals surface area contributed by atoms with Crippen LogP contribution in [0.3, 0.4) is 0 Å². The van der Waals surface area contributed by atoms with Crippen molar-refractivity contribution in [2.75, 3.05) is 21.3 Å². The predicted octanol–water partition coefficient (Wildman–Crippen LogP) is 6.45. The van der Waals surface area contributed by atoms with Crippen molar-refractivity contribution in [3.05, 3.63) is 63.1 Å². The fourth-order valence-electron chi connectivity index (χ4n) is 4.58. The molecule has 0 N–H and O–H groups in total. The number of carbonyl (C=O) groups is 1. The van der Waals surface area contributed by atoms with Gasteiger partial charge in [-0.25, -0.2) is 0 Å². The first-order valence-electron chi connectivity index (χ1n) is 10.4. The van der Waals surface area contributed by atoms with Gasteiger partial charge < -0.3 is 18.8 Å². The molecule has 4 rings (SSSR count). The Balaban J connectivity index is 2.00. The molecule has 4 aromatic rings. The standard InChI is InChI=1S/C26H26BrNO4/c1-7-28-20-9-8-17(27)13-19(20)23-15(3)18(10-14(2)24(23)28)25(29)16-11-21(30-4)26(32-6)22(12-16)31-5/h8-13H,7H2,1-6H3. The molecule has 0 spiro atoms. The van der Waals surface area contributed by atoms with E-state index in [1.807, 2.05) is 13.0 Å². The summed E-state index contributed by atoms with van der Waals surface area (Å²) in [5.74, 6) is 1.29. The Bertz CT molecular complexity index is 1350. The number of halogens is 1. The topological polar surface area (TPSA) is 49.7 Å². The number of rotatable bonds is 6. The van der Waals surface area contributed by atoms with Crippen molar-refractivity contribution in [3.8, 4) is 17.2 Å². The second kappa shape index (κ2) is 8.51. The summed E-state index contributed by atoms with van der Waals surface area (Å²) in [6, 6.07) is 11.7. The smallest absolute Gasteiger partial charge is 0.203 e. The third-order valence-electron chi connectivity index (χ3n) is 6.03. The zero-order valence-electron chi connectivity index (χ0n) is 19.1. The van der Waals surface area contributed by atoms with E-state index in [-0.39, 0.29) is 5.78 Å². The second-order valence-corrected chi connectivity index (χ2v) is 8.65. The van der Waals surface area contributed by atoms with Crippen molar-refractivity contribution < 1.29 is 19.0 Å². The van der Waals surface area contributed by atoms with E-state index >= 15 is 0 Å². The molecule has 0 aliphatic rings. The first-order valence-corrected chi connectivity index (χ1v) is 11.2. The molecule has 3 aromatic carbocycles. The number of ketones is 1. The monoisotopic (exact) mass is 495 g/mol. The number of hydrogen-bond donors (Lipinski definition) is 0. The Labute approximate surface area is 196 Å². The molecular formula is C26H26BrNO4. The maximum Gasteiger partial charge on any atom is 0.203 e. The van der Waals surface area contributed by atoms with E-state index in [1.165, 1.54) is 5.52 Å². The van der Waals surface area contributed by atoms with Gasteiger partial charge in [-0.05, 0) is 68.3 Å². The average molecular weight is 496 g/mol. The summed E-state index contributed by atoms with van der Waals surface area (Å²) in [6.07, 6.45) is 0. The molecule has 166 valence electrons. The Morgan fingerprint density at radius 3 is 2.19 bits per heavy atom. The number of fused-ring (bicyclic) bond motifs is 3. The fourth-order valence-corrected chi connectivity index (χ4v) is 4.94. The Morgan fingerprint density at radius 1 is 0.969 bits per heavy atom. The molecule has 0 unspecified atom stereocenters. The van der Waals surface area contributed by atoms with Crippen molar-refractivity contribution >= 4 is 43.5 Å². The highest BCUT2D eigenvalue weighted by Crippen LogP contribution is 2.40. The van der Waals surface area contributed by atoms with Gasteiger partial charge in [0.05, 0.1) is 26.8 Å². The average Bonchev–Trinajstić information content (AvgIpc) is 3.13. The van der Waals surface area contributed by atoms with E-state index in [1.54, 1.807) is 33.5 Å². The van der Waals surface area contributed by atoms with Crippen LogP contribution in [0.15, 0.2) is 40.9 Å². The van der Waals surface area contributed by atoms with Gasteiger partial charge in [0.15, 0.2) is 17.3 Å². The van der Waals surface area contributed by atoms with Gasteiger partial charge >= 0.3 is 0 Å². The molecule has 32 heavy (non-hydrogen) atoms. The van der Waals surface area contributed by atoms with Crippen LogP contribution in [0.4, 0.5) is 0 Å². The van der Waals surface area contributed by atoms with Crippen molar-refractivity contribution in [2.45, 2.75) is 27.3 Å². The number of nitrogens with zero attached hydrogens (tertiary/aromatic N) is 1. The largest absolute Gasteiger partial charge is 0.493 e. The normalized spacial score (nSPS) is 11.2. The Kier molecular flexibility index (Phi) is 5.91. The number of hydrogen-bond acceptors (Lipinski definition) is 4. The predicted molar refractivity (Wildman–Crippen MR) is 132 cm³/mol. The molecule has 0 aliphatic carbocycles. The van der Waals surface area contributed by atoms with Crippen LogP contribution in [-0.2, 0) is 6.54 Å². The summed E-state index contributed by atoms with van der Waals surface area (Å²) in [6.45, 7) is 7.08. The van der Waals surface area contributed by atoms with Crippen LogP contribution in [-0.4, -0.2) is 31.7 Å². The summed E-state index contributed by atoms with van der Waals surface area (Å²) < 4.78 is 19.6. The molecule has 0 radical (unpaired) electrons. The van der Waals surface area contributed by atoms with Gasteiger partial charge in [-0.15, -0.1) is 0 Å². The van der Waals surface area contributed by atoms with Crippen molar-refractivity contribution in [3.63, 3.8) is 0 Å². The number of methoxy groups -OCH3 is 3. The number of aromatic nitrogens is 1. The Hall–Kier alpha value is -2.99. The molecule has 1 heterocycles. The van der Waals surface area contributed by atoms with Crippen LogP contribution in [0.5, 0.6) is 17.2 Å². The van der Waals surface area contributed by atoms with E-state index in [9.17, 15) is 4.79 Å². The number of benzene rings is 3. The molecule has 1 aromatic heterocycles. The zero-order valence-corrected chi connectivity index (χ0v) is 20.7. The van der Waals surface area contributed by atoms with Gasteiger partial charge in [0, 0.05) is 38.4 Å². The maximum absolute atomic E-state index is 13.7. The minimum Gasteiger partial charge on any atom is -0.493 e. The molecular weight excluding hydrogens is 470 g/mol. The Morgan fingerprint density at radius 2 is 1.62 bits per heavy atom. The van der Waals surface area contributed by atoms with E-state index in [2.05, 4.69) is 52.5 Å². The van der Waals surface area contributed by atoms with Crippen molar-refractivity contribution in [1.29, 1.82) is 0 Å². The quantitative estimate of drug-likeness (QED) is 0.288. The van der Waals surface area contributed by atoms with Gasteiger partial charge in [0.2, 0.25) is 5.75 Å². The first-order chi connectivity index (χ1) is 15.4. The third kappa shape index (κ3) is 3.34. The van der Waals surface area contributed by atoms with Crippen molar-refractivity contribution in [1.82, 2.24) is 4.57 Å². The van der Waals surface area contributed by atoms with Gasteiger partial charge in [-0.2, -0.15) is 0 Å². The first kappa shape index (κ1) is 22.2. The summed E-state index contributed by atoms with van der Waals surface area (Å²) in [7, 11) is 4.64. The minimum atomic E-state index is -0.0841. The molecule has 0 aliphatic heterocycles. The number of carbonyl (C=O) groups excluding carboxylic acids is 1. The molecule has 5 nitrogen and oxygen atoms in total. The maximum atomic E-state index is 13.7. The summed E-state index contributed by atoms with van der Waals surface area (Å²) in [4.78, 5) is 13.7. The lowest BCUT2D eigenvalue weighted by Crippen LogP contribution is -2.07. The van der Waals surface area contributed by atoms with Gasteiger partial charge in [0.25, 0.3) is 0 Å². The van der Waals surface area contributed by atoms with E-state index in [0.717, 1.165) is 38.4 Å². The van der Waals surface area contributed by atoms with Gasteiger partial charge in [-0.1, -0.05) is 15.9 Å². The van der Waals surface area contributed by atoms with E-state index < -0.39 is 0 Å². The zero-order chi connectivity index (χ0) is 23.2. The molecule has 0 saturated heterocycles. The molecule has 6 heteroatoms. The SMILES string of the molecule is CCn1c2ccc(Br)cc2c2c(C)c(C(=O)c3cc(OC)c(OC)c(OC)c3)cc(C)c21. The fraction of sp³-hybridized carbons (Fsp3) is 0.269.